The smallest absolute Gasteiger partial charge is 0.410 e. The average molecular weight is 412 g/mol. The van der Waals surface area contributed by atoms with Crippen molar-refractivity contribution in [3.63, 3.8) is 0 Å². The van der Waals surface area contributed by atoms with E-state index in [1.165, 1.54) is 0 Å². The number of ether oxygens (including phenoxy) is 2. The molecular formula is C21H37N3O5. The number of rotatable bonds is 5. The van der Waals surface area contributed by atoms with Gasteiger partial charge in [-0.2, -0.15) is 0 Å². The second-order valence-corrected chi connectivity index (χ2v) is 9.12. The van der Waals surface area contributed by atoms with Crippen LogP contribution in [0.2, 0.25) is 0 Å². The Kier molecular flexibility index (Phi) is 7.91. The van der Waals surface area contributed by atoms with E-state index in [0.717, 1.165) is 25.8 Å². The number of piperidine rings is 2. The molecule has 8 heteroatoms. The second-order valence-electron chi connectivity index (χ2n) is 9.12. The highest BCUT2D eigenvalue weighted by molar-refractivity contribution is 5.86. The van der Waals surface area contributed by atoms with Crippen molar-refractivity contribution in [1.82, 2.24) is 15.1 Å². The van der Waals surface area contributed by atoms with Gasteiger partial charge in [-0.15, -0.1) is 0 Å². The third-order valence-electron chi connectivity index (χ3n) is 5.73. The van der Waals surface area contributed by atoms with Gasteiger partial charge in [0, 0.05) is 39.1 Å². The Bertz CT molecular complexity index is 596. The molecule has 2 aliphatic heterocycles. The quantitative estimate of drug-likeness (QED) is 0.698. The Balaban J connectivity index is 2.01. The normalized spacial score (nSPS) is 24.1. The predicted molar refractivity (Wildman–Crippen MR) is 109 cm³/mol. The van der Waals surface area contributed by atoms with Crippen LogP contribution in [-0.2, 0) is 19.1 Å². The van der Waals surface area contributed by atoms with E-state index in [9.17, 15) is 14.4 Å². The minimum atomic E-state index is -0.795. The minimum absolute atomic E-state index is 0.139. The summed E-state index contributed by atoms with van der Waals surface area (Å²) >= 11 is 0. The third kappa shape index (κ3) is 6.32. The van der Waals surface area contributed by atoms with E-state index in [1.54, 1.807) is 18.9 Å². The van der Waals surface area contributed by atoms with Crippen LogP contribution in [0.5, 0.6) is 0 Å². The van der Waals surface area contributed by atoms with E-state index >= 15 is 0 Å². The molecule has 2 amide bonds. The maximum absolute atomic E-state index is 12.8. The number of hydrogen-bond acceptors (Lipinski definition) is 6. The Morgan fingerprint density at radius 3 is 2.34 bits per heavy atom. The average Bonchev–Trinajstić information content (AvgIpc) is 2.67. The van der Waals surface area contributed by atoms with Crippen molar-refractivity contribution < 1.29 is 23.9 Å². The maximum Gasteiger partial charge on any atom is 0.410 e. The summed E-state index contributed by atoms with van der Waals surface area (Å²) in [5.41, 5.74) is -1.30. The van der Waals surface area contributed by atoms with Crippen LogP contribution in [0.25, 0.3) is 0 Å². The number of carbonyl (C=O) groups is 3. The van der Waals surface area contributed by atoms with Gasteiger partial charge in [0.05, 0.1) is 12.0 Å². The van der Waals surface area contributed by atoms with Crippen molar-refractivity contribution in [1.29, 1.82) is 0 Å². The largest absolute Gasteiger partial charge is 0.466 e. The first-order valence-corrected chi connectivity index (χ1v) is 10.7. The van der Waals surface area contributed by atoms with Crippen molar-refractivity contribution in [3.05, 3.63) is 0 Å². The van der Waals surface area contributed by atoms with E-state index in [2.05, 4.69) is 10.2 Å². The first kappa shape index (κ1) is 23.4. The Morgan fingerprint density at radius 2 is 1.79 bits per heavy atom. The van der Waals surface area contributed by atoms with Crippen LogP contribution in [-0.4, -0.2) is 79.2 Å². The number of esters is 1. The molecule has 0 radical (unpaired) electrons. The molecule has 2 rings (SSSR count). The summed E-state index contributed by atoms with van der Waals surface area (Å²) < 4.78 is 10.8. The number of likely N-dealkylation sites (tertiary alicyclic amines) is 2. The van der Waals surface area contributed by atoms with Gasteiger partial charge < -0.3 is 19.7 Å². The van der Waals surface area contributed by atoms with Crippen molar-refractivity contribution in [2.75, 3.05) is 39.8 Å². The number of nitrogens with one attached hydrogen (secondary N) is 1. The fourth-order valence-corrected chi connectivity index (χ4v) is 4.28. The van der Waals surface area contributed by atoms with Crippen LogP contribution in [0, 0.1) is 5.41 Å². The van der Waals surface area contributed by atoms with Crippen LogP contribution < -0.4 is 5.32 Å². The first-order valence-electron chi connectivity index (χ1n) is 10.7. The summed E-state index contributed by atoms with van der Waals surface area (Å²) in [4.78, 5) is 41.3. The number of nitrogens with zero attached hydrogens (tertiary/aromatic N) is 2. The third-order valence-corrected chi connectivity index (χ3v) is 5.73. The zero-order chi connectivity index (χ0) is 21.7. The Labute approximate surface area is 174 Å². The number of carbonyl (C=O) groups excluding carboxylic acids is 3. The lowest BCUT2D eigenvalue weighted by atomic mass is 9.76. The highest BCUT2D eigenvalue weighted by atomic mass is 16.6. The molecule has 2 heterocycles. The molecule has 1 unspecified atom stereocenters. The van der Waals surface area contributed by atoms with Crippen molar-refractivity contribution in [2.45, 2.75) is 71.4 Å². The van der Waals surface area contributed by atoms with E-state index < -0.39 is 11.0 Å². The van der Waals surface area contributed by atoms with Gasteiger partial charge in [0.25, 0.3) is 0 Å². The molecular weight excluding hydrogens is 374 g/mol. The number of amides is 2. The molecule has 29 heavy (non-hydrogen) atoms. The van der Waals surface area contributed by atoms with Crippen LogP contribution in [0.4, 0.5) is 4.79 Å². The minimum Gasteiger partial charge on any atom is -0.466 e. The van der Waals surface area contributed by atoms with Crippen molar-refractivity contribution in [3.8, 4) is 0 Å². The Morgan fingerprint density at radius 1 is 1.14 bits per heavy atom. The molecule has 0 bridgehead atoms. The van der Waals surface area contributed by atoms with Crippen LogP contribution in [0.3, 0.4) is 0 Å². The zero-order valence-corrected chi connectivity index (χ0v) is 18.6. The van der Waals surface area contributed by atoms with E-state index in [4.69, 9.17) is 9.47 Å². The summed E-state index contributed by atoms with van der Waals surface area (Å²) in [6, 6.07) is 0.285. The van der Waals surface area contributed by atoms with Gasteiger partial charge in [-0.05, 0) is 59.9 Å². The number of hydrogen-bond donors (Lipinski definition) is 1. The molecule has 8 nitrogen and oxygen atoms in total. The molecule has 166 valence electrons. The molecule has 1 N–H and O–H groups in total. The van der Waals surface area contributed by atoms with Gasteiger partial charge in [-0.1, -0.05) is 0 Å². The van der Waals surface area contributed by atoms with Crippen LogP contribution >= 0.6 is 0 Å². The topological polar surface area (TPSA) is 88.2 Å². The summed E-state index contributed by atoms with van der Waals surface area (Å²) in [7, 11) is 1.59. The van der Waals surface area contributed by atoms with E-state index in [0.29, 0.717) is 32.7 Å². The summed E-state index contributed by atoms with van der Waals surface area (Å²) in [6.07, 6.45) is 3.05. The van der Waals surface area contributed by atoms with Gasteiger partial charge >= 0.3 is 12.1 Å². The van der Waals surface area contributed by atoms with E-state index in [1.807, 2.05) is 20.8 Å². The second kappa shape index (κ2) is 9.78. The summed E-state index contributed by atoms with van der Waals surface area (Å²) in [6.45, 7) is 10.4. The molecule has 0 spiro atoms. The molecule has 0 aromatic heterocycles. The van der Waals surface area contributed by atoms with Crippen LogP contribution in [0.1, 0.15) is 59.8 Å². The summed E-state index contributed by atoms with van der Waals surface area (Å²) in [5, 5.41) is 2.64. The highest BCUT2D eigenvalue weighted by Gasteiger charge is 2.46. The van der Waals surface area contributed by atoms with Crippen molar-refractivity contribution in [2.24, 2.45) is 5.41 Å². The summed E-state index contributed by atoms with van der Waals surface area (Å²) in [5.74, 6) is -0.417. The molecule has 2 fully saturated rings. The lowest BCUT2D eigenvalue weighted by molar-refractivity contribution is -0.162. The van der Waals surface area contributed by atoms with E-state index in [-0.39, 0.29) is 30.4 Å². The van der Waals surface area contributed by atoms with Crippen molar-refractivity contribution >= 4 is 18.0 Å². The van der Waals surface area contributed by atoms with Gasteiger partial charge in [-0.25, -0.2) is 4.79 Å². The van der Waals surface area contributed by atoms with Gasteiger partial charge in [0.2, 0.25) is 5.91 Å². The maximum atomic E-state index is 12.8. The van der Waals surface area contributed by atoms with Crippen LogP contribution in [0.15, 0.2) is 0 Å². The fourth-order valence-electron chi connectivity index (χ4n) is 4.28. The molecule has 2 aliphatic rings. The standard InChI is InChI=1S/C21H37N3O5/c1-6-28-18(26)21(14-17(25)22-5)10-7-11-24(15-21)16-8-12-23(13-9-16)19(27)29-20(2,3)4/h16H,6-15H2,1-5H3,(H,22,25). The lowest BCUT2D eigenvalue weighted by Crippen LogP contribution is -2.55. The molecule has 1 atom stereocenters. The first-order chi connectivity index (χ1) is 13.6. The monoisotopic (exact) mass is 411 g/mol. The molecule has 2 saturated heterocycles. The SMILES string of the molecule is CCOC(=O)C1(CC(=O)NC)CCCN(C2CCN(C(=O)OC(C)(C)C)CC2)C1. The predicted octanol–water partition coefficient (Wildman–Crippen LogP) is 2.17. The Hall–Kier alpha value is -1.83. The molecule has 0 aliphatic carbocycles. The molecule has 0 aromatic rings. The highest BCUT2D eigenvalue weighted by Crippen LogP contribution is 2.37. The zero-order valence-electron chi connectivity index (χ0n) is 18.6. The lowest BCUT2D eigenvalue weighted by Gasteiger charge is -2.46. The fraction of sp³-hybridized carbons (Fsp3) is 0.857. The van der Waals surface area contributed by atoms with Gasteiger partial charge in [0.1, 0.15) is 5.60 Å². The molecule has 0 saturated carbocycles. The van der Waals surface area contributed by atoms with Gasteiger partial charge in [0.15, 0.2) is 0 Å². The molecule has 0 aromatic carbocycles. The van der Waals surface area contributed by atoms with Gasteiger partial charge in [-0.3, -0.25) is 14.5 Å².